The molecule has 0 aliphatic carbocycles. The van der Waals surface area contributed by atoms with Crippen molar-refractivity contribution in [3.8, 4) is 10.7 Å². The van der Waals surface area contributed by atoms with Gasteiger partial charge in [0.1, 0.15) is 6.33 Å². The summed E-state index contributed by atoms with van der Waals surface area (Å²) in [6.07, 6.45) is 1.67. The lowest BCUT2D eigenvalue weighted by atomic mass is 10.4. The van der Waals surface area contributed by atoms with E-state index in [9.17, 15) is 0 Å². The number of aryl methyl sites for hydroxylation is 1. The highest BCUT2D eigenvalue weighted by Gasteiger charge is 2.11. The number of nitrogens with zero attached hydrogens (tertiary/aromatic N) is 5. The van der Waals surface area contributed by atoms with E-state index in [0.29, 0.717) is 17.1 Å². The Balaban J connectivity index is 2.01. The molecule has 3 aromatic heterocycles. The number of aromatic nitrogens is 6. The summed E-state index contributed by atoms with van der Waals surface area (Å²) in [6, 6.07) is 4.00. The molecule has 0 saturated heterocycles. The maximum atomic E-state index is 5.24. The van der Waals surface area contributed by atoms with Crippen molar-refractivity contribution in [2.45, 2.75) is 6.54 Å². The van der Waals surface area contributed by atoms with Crippen LogP contribution in [0.15, 0.2) is 23.8 Å². The topological polar surface area (TPSA) is 64.3 Å². The van der Waals surface area contributed by atoms with Crippen molar-refractivity contribution in [2.75, 3.05) is 0 Å². The molecule has 0 unspecified atom stereocenters. The second kappa shape index (κ2) is 4.46. The van der Waals surface area contributed by atoms with Crippen LogP contribution in [-0.4, -0.2) is 29.5 Å². The van der Waals surface area contributed by atoms with Gasteiger partial charge >= 0.3 is 0 Å². The number of aromatic amines is 1. The van der Waals surface area contributed by atoms with Crippen molar-refractivity contribution in [3.63, 3.8) is 0 Å². The molecule has 92 valence electrons. The standard InChI is InChI=1S/C10H10N6S2/c1-15-6-11-8(14-15)5-16-9(12-13-10(16)17)7-3-2-4-18-7/h2-4,6H,5H2,1H3,(H,13,17). The summed E-state index contributed by atoms with van der Waals surface area (Å²) in [6.45, 7) is 0.517. The van der Waals surface area contributed by atoms with Gasteiger partial charge in [-0.1, -0.05) is 6.07 Å². The fourth-order valence-corrected chi connectivity index (χ4v) is 2.57. The van der Waals surface area contributed by atoms with Gasteiger partial charge in [-0.15, -0.1) is 11.3 Å². The molecule has 6 nitrogen and oxygen atoms in total. The van der Waals surface area contributed by atoms with E-state index in [1.165, 1.54) is 0 Å². The van der Waals surface area contributed by atoms with Gasteiger partial charge in [0.25, 0.3) is 0 Å². The summed E-state index contributed by atoms with van der Waals surface area (Å²) in [7, 11) is 1.84. The van der Waals surface area contributed by atoms with Gasteiger partial charge in [0.15, 0.2) is 16.4 Å². The van der Waals surface area contributed by atoms with E-state index in [1.54, 1.807) is 22.3 Å². The minimum Gasteiger partial charge on any atom is -0.292 e. The number of rotatable bonds is 3. The van der Waals surface area contributed by atoms with E-state index >= 15 is 0 Å². The summed E-state index contributed by atoms with van der Waals surface area (Å²) in [5.74, 6) is 1.54. The van der Waals surface area contributed by atoms with Gasteiger partial charge < -0.3 is 0 Å². The first-order valence-electron chi connectivity index (χ1n) is 5.27. The van der Waals surface area contributed by atoms with Crippen LogP contribution in [0, 0.1) is 4.77 Å². The van der Waals surface area contributed by atoms with Crippen molar-refractivity contribution in [3.05, 3.63) is 34.4 Å². The van der Waals surface area contributed by atoms with Gasteiger partial charge in [-0.2, -0.15) is 10.2 Å². The Morgan fingerprint density at radius 1 is 1.50 bits per heavy atom. The Bertz CT molecular complexity index is 705. The molecule has 0 aliphatic rings. The van der Waals surface area contributed by atoms with Gasteiger partial charge in [-0.3, -0.25) is 14.3 Å². The molecule has 8 heteroatoms. The van der Waals surface area contributed by atoms with Gasteiger partial charge in [0, 0.05) is 7.05 Å². The lowest BCUT2D eigenvalue weighted by Gasteiger charge is -2.01. The molecular weight excluding hydrogens is 268 g/mol. The molecule has 0 aromatic carbocycles. The smallest absolute Gasteiger partial charge is 0.195 e. The zero-order chi connectivity index (χ0) is 12.5. The third-order valence-corrected chi connectivity index (χ3v) is 3.62. The summed E-state index contributed by atoms with van der Waals surface area (Å²) >= 11 is 6.86. The molecule has 18 heavy (non-hydrogen) atoms. The van der Waals surface area contributed by atoms with E-state index in [-0.39, 0.29) is 0 Å². The predicted molar refractivity (Wildman–Crippen MR) is 70.8 cm³/mol. The highest BCUT2D eigenvalue weighted by Crippen LogP contribution is 2.22. The van der Waals surface area contributed by atoms with Crippen LogP contribution in [0.1, 0.15) is 5.82 Å². The highest BCUT2D eigenvalue weighted by atomic mass is 32.1. The normalized spacial score (nSPS) is 10.9. The van der Waals surface area contributed by atoms with Crippen LogP contribution in [-0.2, 0) is 13.6 Å². The molecule has 0 amide bonds. The zero-order valence-corrected chi connectivity index (χ0v) is 11.2. The van der Waals surface area contributed by atoms with Crippen LogP contribution in [0.4, 0.5) is 0 Å². The van der Waals surface area contributed by atoms with Crippen LogP contribution in [0.2, 0.25) is 0 Å². The first-order valence-corrected chi connectivity index (χ1v) is 6.56. The summed E-state index contributed by atoms with van der Waals surface area (Å²) < 4.78 is 4.14. The minimum absolute atomic E-state index is 0.517. The third kappa shape index (κ3) is 2.00. The molecule has 1 N–H and O–H groups in total. The van der Waals surface area contributed by atoms with Crippen LogP contribution < -0.4 is 0 Å². The first kappa shape index (κ1) is 11.3. The molecule has 0 fully saturated rings. The number of nitrogens with one attached hydrogen (secondary N) is 1. The van der Waals surface area contributed by atoms with Crippen molar-refractivity contribution < 1.29 is 0 Å². The third-order valence-electron chi connectivity index (χ3n) is 2.45. The molecule has 0 bridgehead atoms. The maximum Gasteiger partial charge on any atom is 0.195 e. The summed E-state index contributed by atoms with van der Waals surface area (Å²) in [4.78, 5) is 5.27. The number of H-pyrrole nitrogens is 1. The van der Waals surface area contributed by atoms with Gasteiger partial charge in [-0.05, 0) is 23.7 Å². The Labute approximate surface area is 112 Å². The molecule has 0 aliphatic heterocycles. The average Bonchev–Trinajstić information content (AvgIpc) is 3.03. The lowest BCUT2D eigenvalue weighted by Crippen LogP contribution is -2.04. The molecule has 3 heterocycles. The molecule has 0 atom stereocenters. The molecule has 0 saturated carbocycles. The Kier molecular flexibility index (Phi) is 2.80. The van der Waals surface area contributed by atoms with Gasteiger partial charge in [-0.25, -0.2) is 4.98 Å². The predicted octanol–water partition coefficient (Wildman–Crippen LogP) is 1.85. The van der Waals surface area contributed by atoms with Crippen LogP contribution in [0.25, 0.3) is 10.7 Å². The van der Waals surface area contributed by atoms with Crippen molar-refractivity contribution >= 4 is 23.6 Å². The molecule has 3 rings (SSSR count). The second-order valence-corrected chi connectivity index (χ2v) is 5.08. The van der Waals surface area contributed by atoms with Crippen LogP contribution in [0.3, 0.4) is 0 Å². The quantitative estimate of drug-likeness (QED) is 0.743. The number of thiophene rings is 1. The Hall–Kier alpha value is -1.80. The van der Waals surface area contributed by atoms with Crippen LogP contribution >= 0.6 is 23.6 Å². The monoisotopic (exact) mass is 278 g/mol. The lowest BCUT2D eigenvalue weighted by molar-refractivity contribution is 0.700. The molecular formula is C10H10N6S2. The minimum atomic E-state index is 0.517. The number of hydrogen-bond donors (Lipinski definition) is 1. The summed E-state index contributed by atoms with van der Waals surface area (Å²) in [5.41, 5.74) is 0. The second-order valence-electron chi connectivity index (χ2n) is 3.75. The van der Waals surface area contributed by atoms with Crippen LogP contribution in [0.5, 0.6) is 0 Å². The zero-order valence-electron chi connectivity index (χ0n) is 9.57. The SMILES string of the molecule is Cn1cnc(Cn2c(-c3cccs3)n[nH]c2=S)n1. The fourth-order valence-electron chi connectivity index (χ4n) is 1.66. The Morgan fingerprint density at radius 2 is 2.39 bits per heavy atom. The van der Waals surface area contributed by atoms with E-state index in [1.807, 2.05) is 29.1 Å². The van der Waals surface area contributed by atoms with Crippen molar-refractivity contribution in [1.29, 1.82) is 0 Å². The first-order chi connectivity index (χ1) is 8.74. The summed E-state index contributed by atoms with van der Waals surface area (Å²) in [5, 5.41) is 13.3. The number of hydrogen-bond acceptors (Lipinski definition) is 5. The van der Waals surface area contributed by atoms with Gasteiger partial charge in [0.2, 0.25) is 0 Å². The maximum absolute atomic E-state index is 5.24. The van der Waals surface area contributed by atoms with E-state index in [2.05, 4.69) is 20.3 Å². The van der Waals surface area contributed by atoms with E-state index < -0.39 is 0 Å². The molecule has 3 aromatic rings. The van der Waals surface area contributed by atoms with Crippen molar-refractivity contribution in [1.82, 2.24) is 29.5 Å². The largest absolute Gasteiger partial charge is 0.292 e. The Morgan fingerprint density at radius 3 is 3.06 bits per heavy atom. The molecule has 0 radical (unpaired) electrons. The van der Waals surface area contributed by atoms with E-state index in [4.69, 9.17) is 12.2 Å². The highest BCUT2D eigenvalue weighted by molar-refractivity contribution is 7.71. The van der Waals surface area contributed by atoms with Gasteiger partial charge in [0.05, 0.1) is 11.4 Å². The van der Waals surface area contributed by atoms with Crippen molar-refractivity contribution in [2.24, 2.45) is 7.05 Å². The molecule has 0 spiro atoms. The fraction of sp³-hybridized carbons (Fsp3) is 0.200. The average molecular weight is 278 g/mol. The van der Waals surface area contributed by atoms with E-state index in [0.717, 1.165) is 10.7 Å².